The standard InChI is InChI=1S/C27H37BrN8O2S/c28-22-7-3-4-8-23(22)39(37,38)35-15-13-20(14-16-35)31-25-24-26(36(17-30-24)21-5-1-2-6-21)34-27(33-25)32-19-11-9-18(29)10-12-19/h3-4,7-8,17-21H,1-2,5-6,9-16,29H2,(H2,31,32,33,34). The summed E-state index contributed by atoms with van der Waals surface area (Å²) in [5.41, 5.74) is 7.76. The zero-order valence-electron chi connectivity index (χ0n) is 22.1. The molecule has 2 aliphatic carbocycles. The molecule has 0 bridgehead atoms. The predicted molar refractivity (Wildman–Crippen MR) is 156 cm³/mol. The average Bonchev–Trinajstić information content (AvgIpc) is 3.61. The summed E-state index contributed by atoms with van der Waals surface area (Å²) in [6, 6.07) is 8.09. The number of piperidine rings is 1. The lowest BCUT2D eigenvalue weighted by atomic mass is 9.92. The van der Waals surface area contributed by atoms with E-state index >= 15 is 0 Å². The molecule has 0 amide bonds. The van der Waals surface area contributed by atoms with Crippen molar-refractivity contribution in [1.82, 2.24) is 23.8 Å². The molecule has 0 spiro atoms. The fourth-order valence-corrected chi connectivity index (χ4v) is 8.64. The highest BCUT2D eigenvalue weighted by atomic mass is 79.9. The lowest BCUT2D eigenvalue weighted by molar-refractivity contribution is 0.329. The predicted octanol–water partition coefficient (Wildman–Crippen LogP) is 4.65. The second-order valence-corrected chi connectivity index (χ2v) is 13.9. The first-order valence-electron chi connectivity index (χ1n) is 14.2. The molecule has 0 radical (unpaired) electrons. The summed E-state index contributed by atoms with van der Waals surface area (Å²) in [5.74, 6) is 1.35. The normalized spacial score (nSPS) is 23.8. The molecule has 3 fully saturated rings. The molecule has 2 saturated carbocycles. The van der Waals surface area contributed by atoms with Gasteiger partial charge < -0.3 is 20.9 Å². The molecular formula is C27H37BrN8O2S. The number of nitrogens with one attached hydrogen (secondary N) is 2. The van der Waals surface area contributed by atoms with Crippen LogP contribution < -0.4 is 16.4 Å². The molecule has 3 aliphatic rings. The van der Waals surface area contributed by atoms with E-state index in [4.69, 9.17) is 20.7 Å². The topological polar surface area (TPSA) is 131 Å². The number of imidazole rings is 1. The van der Waals surface area contributed by atoms with E-state index in [-0.39, 0.29) is 12.1 Å². The summed E-state index contributed by atoms with van der Waals surface area (Å²) in [4.78, 5) is 14.9. The molecule has 4 N–H and O–H groups in total. The highest BCUT2D eigenvalue weighted by Gasteiger charge is 2.31. The molecule has 0 atom stereocenters. The van der Waals surface area contributed by atoms with Gasteiger partial charge in [-0.3, -0.25) is 0 Å². The van der Waals surface area contributed by atoms with Gasteiger partial charge in [0, 0.05) is 41.7 Å². The maximum Gasteiger partial charge on any atom is 0.244 e. The number of nitrogens with two attached hydrogens (primary N) is 1. The number of halogens is 1. The minimum absolute atomic E-state index is 0.0888. The van der Waals surface area contributed by atoms with Crippen LogP contribution in [0, 0.1) is 0 Å². The van der Waals surface area contributed by atoms with Crippen molar-refractivity contribution in [1.29, 1.82) is 0 Å². The Labute approximate surface area is 238 Å². The molecule has 1 aliphatic heterocycles. The number of hydrogen-bond donors (Lipinski definition) is 3. The quantitative estimate of drug-likeness (QED) is 0.349. The van der Waals surface area contributed by atoms with Gasteiger partial charge in [-0.1, -0.05) is 25.0 Å². The number of rotatable bonds is 7. The van der Waals surface area contributed by atoms with E-state index in [1.165, 1.54) is 12.8 Å². The van der Waals surface area contributed by atoms with Crippen LogP contribution >= 0.6 is 15.9 Å². The smallest absolute Gasteiger partial charge is 0.244 e. The molecule has 12 heteroatoms. The lowest BCUT2D eigenvalue weighted by Gasteiger charge is -2.32. The second kappa shape index (κ2) is 11.3. The minimum atomic E-state index is -3.56. The zero-order chi connectivity index (χ0) is 27.0. The summed E-state index contributed by atoms with van der Waals surface area (Å²) in [6.07, 6.45) is 12.1. The lowest BCUT2D eigenvalue weighted by Crippen LogP contribution is -2.42. The molecule has 3 heterocycles. The second-order valence-electron chi connectivity index (χ2n) is 11.2. The molecule has 210 valence electrons. The van der Waals surface area contributed by atoms with Gasteiger partial charge in [0.2, 0.25) is 16.0 Å². The highest BCUT2D eigenvalue weighted by Crippen LogP contribution is 2.34. The van der Waals surface area contributed by atoms with Crippen LogP contribution in [0.4, 0.5) is 11.8 Å². The van der Waals surface area contributed by atoms with Crippen molar-refractivity contribution in [3.8, 4) is 0 Å². The number of hydrogen-bond acceptors (Lipinski definition) is 8. The zero-order valence-corrected chi connectivity index (χ0v) is 24.5. The van der Waals surface area contributed by atoms with E-state index in [9.17, 15) is 8.42 Å². The van der Waals surface area contributed by atoms with Crippen LogP contribution in [0.25, 0.3) is 11.2 Å². The number of anilines is 2. The summed E-state index contributed by atoms with van der Waals surface area (Å²) >= 11 is 3.40. The Morgan fingerprint density at radius 2 is 1.59 bits per heavy atom. The van der Waals surface area contributed by atoms with Crippen LogP contribution in [0.1, 0.15) is 70.3 Å². The van der Waals surface area contributed by atoms with Gasteiger partial charge in [-0.15, -0.1) is 0 Å². The number of sulfonamides is 1. The largest absolute Gasteiger partial charge is 0.365 e. The molecule has 39 heavy (non-hydrogen) atoms. The molecule has 1 aromatic carbocycles. The van der Waals surface area contributed by atoms with Gasteiger partial charge in [0.25, 0.3) is 0 Å². The fraction of sp³-hybridized carbons (Fsp3) is 0.593. The molecule has 2 aromatic heterocycles. The summed E-state index contributed by atoms with van der Waals surface area (Å²) in [5, 5.41) is 7.20. The van der Waals surface area contributed by atoms with Gasteiger partial charge in [-0.2, -0.15) is 14.3 Å². The average molecular weight is 618 g/mol. The number of nitrogens with zero attached hydrogens (tertiary/aromatic N) is 5. The first-order valence-corrected chi connectivity index (χ1v) is 16.4. The van der Waals surface area contributed by atoms with E-state index in [0.717, 1.165) is 55.5 Å². The van der Waals surface area contributed by atoms with Gasteiger partial charge in [0.1, 0.15) is 0 Å². The van der Waals surface area contributed by atoms with E-state index in [1.54, 1.807) is 22.5 Å². The minimum Gasteiger partial charge on any atom is -0.365 e. The van der Waals surface area contributed by atoms with Crippen molar-refractivity contribution in [3.63, 3.8) is 0 Å². The molecule has 0 unspecified atom stereocenters. The van der Waals surface area contributed by atoms with Crippen LogP contribution in [0.5, 0.6) is 0 Å². The Hall–Kier alpha value is -2.28. The van der Waals surface area contributed by atoms with Gasteiger partial charge >= 0.3 is 0 Å². The Kier molecular flexibility index (Phi) is 7.80. The third-order valence-corrected chi connectivity index (χ3v) is 11.4. The number of aromatic nitrogens is 4. The maximum absolute atomic E-state index is 13.3. The van der Waals surface area contributed by atoms with Crippen molar-refractivity contribution in [2.45, 2.75) is 93.3 Å². The van der Waals surface area contributed by atoms with Crippen LogP contribution in [0.3, 0.4) is 0 Å². The third kappa shape index (κ3) is 5.66. The number of fused-ring (bicyclic) bond motifs is 1. The number of benzene rings is 1. The van der Waals surface area contributed by atoms with Gasteiger partial charge in [0.05, 0.1) is 11.2 Å². The maximum atomic E-state index is 13.3. The van der Waals surface area contributed by atoms with Crippen molar-refractivity contribution in [2.75, 3.05) is 23.7 Å². The Morgan fingerprint density at radius 3 is 2.31 bits per heavy atom. The fourth-order valence-electron chi connectivity index (χ4n) is 6.20. The Bertz CT molecular complexity index is 1410. The Balaban J connectivity index is 1.21. The molecule has 3 aromatic rings. The monoisotopic (exact) mass is 616 g/mol. The Morgan fingerprint density at radius 1 is 0.897 bits per heavy atom. The summed E-state index contributed by atoms with van der Waals surface area (Å²) < 4.78 is 30.9. The van der Waals surface area contributed by atoms with E-state index in [1.807, 2.05) is 12.4 Å². The third-order valence-electron chi connectivity index (χ3n) is 8.49. The van der Waals surface area contributed by atoms with Gasteiger partial charge in [-0.05, 0) is 79.4 Å². The molecule has 10 nitrogen and oxygen atoms in total. The van der Waals surface area contributed by atoms with Crippen LogP contribution in [-0.2, 0) is 10.0 Å². The van der Waals surface area contributed by atoms with Crippen LogP contribution in [0.15, 0.2) is 40.0 Å². The SMILES string of the molecule is NC1CCC(Nc2nc(NC3CCN(S(=O)(=O)c4ccccc4Br)CC3)c3ncn(C4CCCC4)c3n2)CC1. The molecular weight excluding hydrogens is 580 g/mol. The van der Waals surface area contributed by atoms with Gasteiger partial charge in [-0.25, -0.2) is 13.4 Å². The van der Waals surface area contributed by atoms with Crippen molar-refractivity contribution in [2.24, 2.45) is 5.73 Å². The summed E-state index contributed by atoms with van der Waals surface area (Å²) in [6.45, 7) is 0.888. The van der Waals surface area contributed by atoms with E-state index < -0.39 is 10.0 Å². The van der Waals surface area contributed by atoms with Crippen LogP contribution in [-0.4, -0.2) is 63.5 Å². The van der Waals surface area contributed by atoms with Crippen molar-refractivity contribution < 1.29 is 8.42 Å². The summed E-state index contributed by atoms with van der Waals surface area (Å²) in [7, 11) is -3.56. The first-order chi connectivity index (χ1) is 18.9. The van der Waals surface area contributed by atoms with Crippen molar-refractivity contribution in [3.05, 3.63) is 35.1 Å². The first kappa shape index (κ1) is 26.9. The van der Waals surface area contributed by atoms with Gasteiger partial charge in [0.15, 0.2) is 17.0 Å². The molecule has 1 saturated heterocycles. The van der Waals surface area contributed by atoms with E-state index in [0.29, 0.717) is 53.3 Å². The van der Waals surface area contributed by atoms with E-state index in [2.05, 4.69) is 31.1 Å². The molecule has 6 rings (SSSR count). The van der Waals surface area contributed by atoms with Crippen LogP contribution in [0.2, 0.25) is 0 Å². The van der Waals surface area contributed by atoms with Crippen molar-refractivity contribution >= 4 is 48.9 Å². The highest BCUT2D eigenvalue weighted by molar-refractivity contribution is 9.10.